The van der Waals surface area contributed by atoms with Crippen LogP contribution >= 0.6 is 0 Å². The number of nitrogens with zero attached hydrogens (tertiary/aromatic N) is 1. The number of carboxylic acids is 1. The van der Waals surface area contributed by atoms with E-state index in [1.54, 1.807) is 6.07 Å². The van der Waals surface area contributed by atoms with Crippen molar-refractivity contribution in [2.75, 3.05) is 11.9 Å². The lowest BCUT2D eigenvalue weighted by molar-refractivity contribution is 0.0692. The summed E-state index contributed by atoms with van der Waals surface area (Å²) in [6.45, 7) is 4.67. The Morgan fingerprint density at radius 3 is 2.78 bits per heavy atom. The molecular weight excluding hydrogens is 234 g/mol. The van der Waals surface area contributed by atoms with E-state index in [0.29, 0.717) is 12.5 Å². The first kappa shape index (κ1) is 14.0. The van der Waals surface area contributed by atoms with E-state index in [2.05, 4.69) is 29.5 Å². The van der Waals surface area contributed by atoms with Crippen LogP contribution in [0.15, 0.2) is 18.3 Å². The molecule has 0 bridgehead atoms. The molecule has 0 aliphatic carbocycles. The number of pyridine rings is 1. The average Bonchev–Trinajstić information content (AvgIpc) is 2.28. The molecule has 98 valence electrons. The molecule has 0 aliphatic rings. The van der Waals surface area contributed by atoms with Gasteiger partial charge in [-0.25, -0.2) is 14.6 Å². The van der Waals surface area contributed by atoms with E-state index < -0.39 is 12.0 Å². The molecule has 1 aromatic heterocycles. The molecule has 0 aliphatic heterocycles. The summed E-state index contributed by atoms with van der Waals surface area (Å²) in [6.07, 6.45) is 2.23. The van der Waals surface area contributed by atoms with Crippen LogP contribution in [0.3, 0.4) is 0 Å². The van der Waals surface area contributed by atoms with Crippen molar-refractivity contribution in [3.8, 4) is 0 Å². The Morgan fingerprint density at radius 2 is 2.17 bits per heavy atom. The summed E-state index contributed by atoms with van der Waals surface area (Å²) in [7, 11) is 0. The van der Waals surface area contributed by atoms with Crippen LogP contribution in [-0.4, -0.2) is 28.6 Å². The summed E-state index contributed by atoms with van der Waals surface area (Å²) in [5.74, 6) is -0.675. The third kappa shape index (κ3) is 4.40. The molecule has 1 heterocycles. The number of anilines is 1. The third-order valence-electron chi connectivity index (χ3n) is 2.27. The maximum atomic E-state index is 11.5. The van der Waals surface area contributed by atoms with Crippen LogP contribution in [0, 0.1) is 5.92 Å². The summed E-state index contributed by atoms with van der Waals surface area (Å²) in [5, 5.41) is 14.0. The van der Waals surface area contributed by atoms with Crippen molar-refractivity contribution in [3.63, 3.8) is 0 Å². The molecule has 3 N–H and O–H groups in total. The van der Waals surface area contributed by atoms with E-state index >= 15 is 0 Å². The first-order chi connectivity index (χ1) is 8.50. The van der Waals surface area contributed by atoms with Gasteiger partial charge in [-0.1, -0.05) is 13.8 Å². The van der Waals surface area contributed by atoms with Crippen LogP contribution in [0.25, 0.3) is 0 Å². The highest BCUT2D eigenvalue weighted by atomic mass is 16.4. The van der Waals surface area contributed by atoms with E-state index in [0.717, 1.165) is 6.42 Å². The van der Waals surface area contributed by atoms with Crippen molar-refractivity contribution in [2.45, 2.75) is 20.3 Å². The topological polar surface area (TPSA) is 91.3 Å². The van der Waals surface area contributed by atoms with Crippen molar-refractivity contribution in [1.82, 2.24) is 10.3 Å². The number of carboxylic acid groups (broad SMARTS) is 1. The fourth-order valence-corrected chi connectivity index (χ4v) is 1.32. The van der Waals surface area contributed by atoms with Gasteiger partial charge >= 0.3 is 12.0 Å². The van der Waals surface area contributed by atoms with Crippen molar-refractivity contribution in [2.24, 2.45) is 5.92 Å². The van der Waals surface area contributed by atoms with Gasteiger partial charge in [0.1, 0.15) is 0 Å². The first-order valence-electron chi connectivity index (χ1n) is 5.74. The minimum Gasteiger partial charge on any atom is -0.476 e. The fraction of sp³-hybridized carbons (Fsp3) is 0.417. The van der Waals surface area contributed by atoms with Gasteiger partial charge in [0.05, 0.1) is 5.69 Å². The largest absolute Gasteiger partial charge is 0.476 e. The number of aromatic carboxylic acids is 1. The normalized spacial score (nSPS) is 10.2. The van der Waals surface area contributed by atoms with Gasteiger partial charge in [0.2, 0.25) is 0 Å². The number of amides is 2. The average molecular weight is 251 g/mol. The molecule has 0 unspecified atom stereocenters. The van der Waals surface area contributed by atoms with Gasteiger partial charge in [0, 0.05) is 12.7 Å². The number of aromatic nitrogens is 1. The molecule has 0 saturated heterocycles. The van der Waals surface area contributed by atoms with Gasteiger partial charge in [0.25, 0.3) is 0 Å². The molecule has 1 rings (SSSR count). The van der Waals surface area contributed by atoms with Gasteiger partial charge < -0.3 is 15.7 Å². The monoisotopic (exact) mass is 251 g/mol. The van der Waals surface area contributed by atoms with Crippen molar-refractivity contribution < 1.29 is 14.7 Å². The predicted octanol–water partition coefficient (Wildman–Crippen LogP) is 1.95. The lowest BCUT2D eigenvalue weighted by atomic mass is 10.1. The molecule has 0 radical (unpaired) electrons. The number of rotatable bonds is 5. The second-order valence-electron chi connectivity index (χ2n) is 4.27. The van der Waals surface area contributed by atoms with Crippen LogP contribution in [0.5, 0.6) is 0 Å². The Labute approximate surface area is 105 Å². The standard InChI is InChI=1S/C12H17N3O3/c1-8(2)5-7-14-12(18)15-9-4-3-6-13-10(9)11(16)17/h3-4,6,8H,5,7H2,1-2H3,(H,16,17)(H2,14,15,18). The summed E-state index contributed by atoms with van der Waals surface area (Å²) in [6, 6.07) is 2.64. The summed E-state index contributed by atoms with van der Waals surface area (Å²) < 4.78 is 0. The number of hydrogen-bond acceptors (Lipinski definition) is 3. The maximum Gasteiger partial charge on any atom is 0.356 e. The number of nitrogens with one attached hydrogen (secondary N) is 2. The molecule has 6 heteroatoms. The molecule has 6 nitrogen and oxygen atoms in total. The van der Waals surface area contributed by atoms with Crippen LogP contribution in [0.2, 0.25) is 0 Å². The summed E-state index contributed by atoms with van der Waals surface area (Å²) in [5.41, 5.74) is 0.0172. The van der Waals surface area contributed by atoms with Crippen molar-refractivity contribution >= 4 is 17.7 Å². The van der Waals surface area contributed by atoms with Crippen molar-refractivity contribution in [1.29, 1.82) is 0 Å². The summed E-state index contributed by atoms with van der Waals surface area (Å²) in [4.78, 5) is 26.1. The zero-order valence-electron chi connectivity index (χ0n) is 10.4. The molecule has 0 spiro atoms. The molecule has 1 aromatic rings. The Morgan fingerprint density at radius 1 is 1.44 bits per heavy atom. The van der Waals surface area contributed by atoms with Gasteiger partial charge in [0.15, 0.2) is 5.69 Å². The first-order valence-corrected chi connectivity index (χ1v) is 5.74. The zero-order chi connectivity index (χ0) is 13.5. The van der Waals surface area contributed by atoms with E-state index in [1.807, 2.05) is 0 Å². The van der Waals surface area contributed by atoms with Crippen LogP contribution in [0.4, 0.5) is 10.5 Å². The van der Waals surface area contributed by atoms with Crippen LogP contribution < -0.4 is 10.6 Å². The fourth-order valence-electron chi connectivity index (χ4n) is 1.32. The van der Waals surface area contributed by atoms with Gasteiger partial charge in [-0.2, -0.15) is 0 Å². The van der Waals surface area contributed by atoms with Gasteiger partial charge in [-0.3, -0.25) is 0 Å². The highest BCUT2D eigenvalue weighted by Gasteiger charge is 2.12. The Kier molecular flexibility index (Phi) is 5.10. The third-order valence-corrected chi connectivity index (χ3v) is 2.27. The van der Waals surface area contributed by atoms with Gasteiger partial charge in [-0.05, 0) is 24.5 Å². The smallest absolute Gasteiger partial charge is 0.356 e. The quantitative estimate of drug-likeness (QED) is 0.745. The Bertz CT molecular complexity index is 432. The number of carbonyl (C=O) groups is 2. The van der Waals surface area contributed by atoms with Crippen LogP contribution in [-0.2, 0) is 0 Å². The zero-order valence-corrected chi connectivity index (χ0v) is 10.4. The van der Waals surface area contributed by atoms with E-state index in [-0.39, 0.29) is 11.4 Å². The summed E-state index contributed by atoms with van der Waals surface area (Å²) >= 11 is 0. The molecular formula is C12H17N3O3. The lowest BCUT2D eigenvalue weighted by Crippen LogP contribution is -2.30. The highest BCUT2D eigenvalue weighted by Crippen LogP contribution is 2.11. The highest BCUT2D eigenvalue weighted by molar-refractivity contribution is 5.98. The SMILES string of the molecule is CC(C)CCNC(=O)Nc1cccnc1C(=O)O. The predicted molar refractivity (Wildman–Crippen MR) is 67.7 cm³/mol. The molecule has 0 saturated carbocycles. The minimum absolute atomic E-state index is 0.170. The number of hydrogen-bond donors (Lipinski definition) is 3. The molecule has 0 atom stereocenters. The van der Waals surface area contributed by atoms with E-state index in [9.17, 15) is 9.59 Å². The second-order valence-corrected chi connectivity index (χ2v) is 4.27. The minimum atomic E-state index is -1.17. The molecule has 18 heavy (non-hydrogen) atoms. The number of urea groups is 1. The molecule has 2 amide bonds. The Hall–Kier alpha value is -2.11. The maximum absolute atomic E-state index is 11.5. The number of carbonyl (C=O) groups excluding carboxylic acids is 1. The van der Waals surface area contributed by atoms with Gasteiger partial charge in [-0.15, -0.1) is 0 Å². The Balaban J connectivity index is 2.56. The van der Waals surface area contributed by atoms with E-state index in [1.165, 1.54) is 12.3 Å². The van der Waals surface area contributed by atoms with E-state index in [4.69, 9.17) is 5.11 Å². The molecule has 0 fully saturated rings. The van der Waals surface area contributed by atoms with Crippen LogP contribution in [0.1, 0.15) is 30.8 Å². The lowest BCUT2D eigenvalue weighted by Gasteiger charge is -2.10. The second kappa shape index (κ2) is 6.58. The molecule has 0 aromatic carbocycles. The van der Waals surface area contributed by atoms with Crippen molar-refractivity contribution in [3.05, 3.63) is 24.0 Å².